The number of halogens is 1. The average Bonchev–Trinajstić information content (AvgIpc) is 3.00. The molecule has 2 aliphatic rings. The molecule has 30 heavy (non-hydrogen) atoms. The Morgan fingerprint density at radius 2 is 1.93 bits per heavy atom. The van der Waals surface area contributed by atoms with Gasteiger partial charge >= 0.3 is 0 Å². The number of rotatable bonds is 5. The van der Waals surface area contributed by atoms with Gasteiger partial charge in [0.1, 0.15) is 17.5 Å². The standard InChI is InChI=1S/C21H32N8.HI/c1-22-21(28-16-14-27(15-17-28)18-8-4-5-11-23-18)24-12-7-10-20-26-25-19-9-3-2-6-13-29(19)20;/h4-5,8,11H,2-3,6-7,9-10,12-17H2,1H3,(H,22,24);1H. The molecule has 2 aromatic rings. The van der Waals surface area contributed by atoms with Gasteiger partial charge < -0.3 is 19.7 Å². The topological polar surface area (TPSA) is 74.5 Å². The predicted octanol–water partition coefficient (Wildman–Crippen LogP) is 2.35. The monoisotopic (exact) mass is 524 g/mol. The van der Waals surface area contributed by atoms with E-state index in [1.807, 2.05) is 25.4 Å². The Bertz CT molecular complexity index is 799. The van der Waals surface area contributed by atoms with Gasteiger partial charge in [-0.2, -0.15) is 0 Å². The van der Waals surface area contributed by atoms with Crippen LogP contribution in [0.25, 0.3) is 0 Å². The Morgan fingerprint density at radius 1 is 1.07 bits per heavy atom. The van der Waals surface area contributed by atoms with Crippen molar-refractivity contribution in [3.8, 4) is 0 Å². The van der Waals surface area contributed by atoms with Gasteiger partial charge in [0.15, 0.2) is 5.96 Å². The number of piperazine rings is 1. The first-order valence-corrected chi connectivity index (χ1v) is 10.9. The third kappa shape index (κ3) is 5.61. The Hall–Kier alpha value is -1.91. The third-order valence-corrected chi connectivity index (χ3v) is 5.81. The van der Waals surface area contributed by atoms with Crippen molar-refractivity contribution in [2.24, 2.45) is 4.99 Å². The largest absolute Gasteiger partial charge is 0.356 e. The number of hydrogen-bond donors (Lipinski definition) is 1. The van der Waals surface area contributed by atoms with Crippen LogP contribution in [0.4, 0.5) is 5.82 Å². The highest BCUT2D eigenvalue weighted by atomic mass is 127. The fourth-order valence-corrected chi connectivity index (χ4v) is 4.20. The summed E-state index contributed by atoms with van der Waals surface area (Å²) in [5.74, 6) is 4.36. The zero-order chi connectivity index (χ0) is 19.9. The summed E-state index contributed by atoms with van der Waals surface area (Å²) >= 11 is 0. The number of pyridine rings is 1. The zero-order valence-electron chi connectivity index (χ0n) is 17.8. The van der Waals surface area contributed by atoms with Gasteiger partial charge in [0.2, 0.25) is 0 Å². The molecule has 0 unspecified atom stereocenters. The quantitative estimate of drug-likeness (QED) is 0.280. The van der Waals surface area contributed by atoms with Gasteiger partial charge in [-0.15, -0.1) is 34.2 Å². The summed E-state index contributed by atoms with van der Waals surface area (Å²) in [6.07, 6.45) is 8.71. The van der Waals surface area contributed by atoms with E-state index in [4.69, 9.17) is 0 Å². The van der Waals surface area contributed by atoms with Crippen molar-refractivity contribution >= 4 is 35.8 Å². The number of fused-ring (bicyclic) bond motifs is 1. The fraction of sp³-hybridized carbons (Fsp3) is 0.619. The van der Waals surface area contributed by atoms with E-state index in [0.29, 0.717) is 0 Å². The highest BCUT2D eigenvalue weighted by Gasteiger charge is 2.20. The minimum absolute atomic E-state index is 0. The van der Waals surface area contributed by atoms with Crippen molar-refractivity contribution in [1.29, 1.82) is 0 Å². The number of aromatic nitrogens is 4. The second kappa shape index (κ2) is 11.5. The number of anilines is 1. The molecule has 8 nitrogen and oxygen atoms in total. The van der Waals surface area contributed by atoms with Crippen LogP contribution in [0, 0.1) is 0 Å². The van der Waals surface area contributed by atoms with E-state index in [-0.39, 0.29) is 24.0 Å². The molecule has 0 radical (unpaired) electrons. The lowest BCUT2D eigenvalue weighted by Crippen LogP contribution is -2.52. The first-order valence-electron chi connectivity index (χ1n) is 10.9. The van der Waals surface area contributed by atoms with E-state index < -0.39 is 0 Å². The molecule has 2 aliphatic heterocycles. The number of hydrogen-bond acceptors (Lipinski definition) is 5. The predicted molar refractivity (Wildman–Crippen MR) is 131 cm³/mol. The molecule has 0 atom stereocenters. The van der Waals surface area contributed by atoms with E-state index in [2.05, 4.69) is 45.9 Å². The molecule has 4 heterocycles. The van der Waals surface area contributed by atoms with Crippen LogP contribution < -0.4 is 10.2 Å². The molecule has 164 valence electrons. The molecule has 0 spiro atoms. The van der Waals surface area contributed by atoms with Crippen molar-refractivity contribution in [1.82, 2.24) is 30.0 Å². The Labute approximate surface area is 196 Å². The van der Waals surface area contributed by atoms with E-state index >= 15 is 0 Å². The summed E-state index contributed by atoms with van der Waals surface area (Å²) in [7, 11) is 1.87. The summed E-state index contributed by atoms with van der Waals surface area (Å²) in [6, 6.07) is 6.08. The van der Waals surface area contributed by atoms with Crippen molar-refractivity contribution in [2.75, 3.05) is 44.7 Å². The molecule has 2 aromatic heterocycles. The molecule has 0 saturated carbocycles. The lowest BCUT2D eigenvalue weighted by Gasteiger charge is -2.37. The van der Waals surface area contributed by atoms with Crippen LogP contribution in [-0.4, -0.2) is 70.4 Å². The van der Waals surface area contributed by atoms with Gasteiger partial charge in [0.25, 0.3) is 0 Å². The minimum Gasteiger partial charge on any atom is -0.356 e. The molecule has 0 aliphatic carbocycles. The van der Waals surface area contributed by atoms with Crippen LogP contribution >= 0.6 is 24.0 Å². The molecule has 9 heteroatoms. The molecule has 0 amide bonds. The first kappa shape index (κ1) is 22.8. The number of nitrogens with zero attached hydrogens (tertiary/aromatic N) is 7. The molecule has 0 aromatic carbocycles. The molecule has 0 bridgehead atoms. The van der Waals surface area contributed by atoms with Crippen LogP contribution in [0.1, 0.15) is 37.3 Å². The van der Waals surface area contributed by atoms with Crippen LogP contribution in [-0.2, 0) is 19.4 Å². The van der Waals surface area contributed by atoms with Crippen molar-refractivity contribution in [2.45, 2.75) is 45.1 Å². The van der Waals surface area contributed by atoms with Gasteiger partial charge in [-0.1, -0.05) is 12.5 Å². The maximum Gasteiger partial charge on any atom is 0.193 e. The molecule has 1 fully saturated rings. The Balaban J connectivity index is 0.00000256. The molecule has 1 saturated heterocycles. The fourth-order valence-electron chi connectivity index (χ4n) is 4.20. The second-order valence-corrected chi connectivity index (χ2v) is 7.73. The van der Waals surface area contributed by atoms with Crippen LogP contribution in [0.3, 0.4) is 0 Å². The summed E-state index contributed by atoms with van der Waals surface area (Å²) in [5.41, 5.74) is 0. The van der Waals surface area contributed by atoms with Gasteiger partial charge in [0.05, 0.1) is 0 Å². The number of guanidine groups is 1. The van der Waals surface area contributed by atoms with Crippen LogP contribution in [0.2, 0.25) is 0 Å². The normalized spacial score (nSPS) is 17.2. The van der Waals surface area contributed by atoms with E-state index in [1.54, 1.807) is 0 Å². The van der Waals surface area contributed by atoms with Crippen molar-refractivity contribution in [3.63, 3.8) is 0 Å². The zero-order valence-corrected chi connectivity index (χ0v) is 20.2. The molecular formula is C21H33IN8. The van der Waals surface area contributed by atoms with Crippen LogP contribution in [0.15, 0.2) is 29.4 Å². The lowest BCUT2D eigenvalue weighted by molar-refractivity contribution is 0.371. The summed E-state index contributed by atoms with van der Waals surface area (Å²) in [5, 5.41) is 12.4. The van der Waals surface area contributed by atoms with Crippen LogP contribution in [0.5, 0.6) is 0 Å². The minimum atomic E-state index is 0. The Kier molecular flexibility index (Phi) is 8.71. The Morgan fingerprint density at radius 3 is 2.70 bits per heavy atom. The molecular weight excluding hydrogens is 491 g/mol. The van der Waals surface area contributed by atoms with E-state index in [0.717, 1.165) is 76.1 Å². The first-order chi connectivity index (χ1) is 14.3. The molecule has 1 N–H and O–H groups in total. The number of aryl methyl sites for hydroxylation is 2. The van der Waals surface area contributed by atoms with Crippen molar-refractivity contribution in [3.05, 3.63) is 36.0 Å². The van der Waals surface area contributed by atoms with Gasteiger partial charge in [-0.05, 0) is 31.4 Å². The second-order valence-electron chi connectivity index (χ2n) is 7.73. The average molecular weight is 524 g/mol. The summed E-state index contributed by atoms with van der Waals surface area (Å²) in [4.78, 5) is 13.6. The molecule has 4 rings (SSSR count). The SMILES string of the molecule is CN=C(NCCCc1nnc2n1CCCCC2)N1CCN(c2ccccn2)CC1.I. The maximum atomic E-state index is 4.49. The van der Waals surface area contributed by atoms with Gasteiger partial charge in [-0.3, -0.25) is 4.99 Å². The van der Waals surface area contributed by atoms with Gasteiger partial charge in [0, 0.05) is 65.4 Å². The van der Waals surface area contributed by atoms with E-state index in [9.17, 15) is 0 Å². The highest BCUT2D eigenvalue weighted by molar-refractivity contribution is 14.0. The third-order valence-electron chi connectivity index (χ3n) is 5.81. The number of aliphatic imine (C=N–C) groups is 1. The van der Waals surface area contributed by atoms with Crippen molar-refractivity contribution < 1.29 is 0 Å². The number of nitrogens with one attached hydrogen (secondary N) is 1. The lowest BCUT2D eigenvalue weighted by atomic mass is 10.2. The maximum absolute atomic E-state index is 4.49. The smallest absolute Gasteiger partial charge is 0.193 e. The van der Waals surface area contributed by atoms with E-state index in [1.165, 1.54) is 25.1 Å². The van der Waals surface area contributed by atoms with Gasteiger partial charge in [-0.25, -0.2) is 4.98 Å². The highest BCUT2D eigenvalue weighted by Crippen LogP contribution is 2.15. The summed E-state index contributed by atoms with van der Waals surface area (Å²) < 4.78 is 2.35. The summed E-state index contributed by atoms with van der Waals surface area (Å²) in [6.45, 7) is 5.80.